The summed E-state index contributed by atoms with van der Waals surface area (Å²) in [6.45, 7) is 7.15. The van der Waals surface area contributed by atoms with Gasteiger partial charge in [-0.1, -0.05) is 0 Å². The summed E-state index contributed by atoms with van der Waals surface area (Å²) in [4.78, 5) is 20.5. The summed E-state index contributed by atoms with van der Waals surface area (Å²) in [5, 5.41) is 0. The lowest BCUT2D eigenvalue weighted by Crippen LogP contribution is -2.37. The third-order valence-electron chi connectivity index (χ3n) is 4.32. The lowest BCUT2D eigenvalue weighted by Gasteiger charge is -2.27. The van der Waals surface area contributed by atoms with E-state index in [2.05, 4.69) is 33.3 Å². The van der Waals surface area contributed by atoms with Gasteiger partial charge in [0.2, 0.25) is 5.95 Å². The van der Waals surface area contributed by atoms with Gasteiger partial charge in [0.15, 0.2) is 5.65 Å². The molecule has 0 atom stereocenters. The maximum Gasteiger partial charge on any atom is 0.228 e. The van der Waals surface area contributed by atoms with Crippen LogP contribution in [0, 0.1) is 0 Å². The Morgan fingerprint density at radius 3 is 2.60 bits per heavy atom. The van der Waals surface area contributed by atoms with E-state index in [-0.39, 0.29) is 6.04 Å². The van der Waals surface area contributed by atoms with E-state index in [1.54, 1.807) is 12.3 Å². The first kappa shape index (κ1) is 15.8. The first-order chi connectivity index (χ1) is 12.1. The van der Waals surface area contributed by atoms with E-state index in [0.29, 0.717) is 25.0 Å². The van der Waals surface area contributed by atoms with Crippen LogP contribution < -0.4 is 10.6 Å². The Morgan fingerprint density at radius 2 is 1.92 bits per heavy atom. The molecule has 0 unspecified atom stereocenters. The zero-order valence-electron chi connectivity index (χ0n) is 14.4. The highest BCUT2D eigenvalue weighted by Crippen LogP contribution is 2.28. The van der Waals surface area contributed by atoms with Crippen molar-refractivity contribution >= 4 is 22.9 Å². The van der Waals surface area contributed by atoms with Gasteiger partial charge in [0, 0.05) is 30.9 Å². The molecule has 1 aliphatic rings. The van der Waals surface area contributed by atoms with E-state index < -0.39 is 0 Å². The van der Waals surface area contributed by atoms with Gasteiger partial charge < -0.3 is 19.9 Å². The summed E-state index contributed by atoms with van der Waals surface area (Å²) in [7, 11) is 0. The highest BCUT2D eigenvalue weighted by molar-refractivity contribution is 5.88. The summed E-state index contributed by atoms with van der Waals surface area (Å²) >= 11 is 0. The molecule has 0 aliphatic carbocycles. The van der Waals surface area contributed by atoms with Crippen LogP contribution in [0.1, 0.15) is 19.9 Å². The summed E-state index contributed by atoms with van der Waals surface area (Å²) in [5.41, 5.74) is 8.99. The average Bonchev–Trinajstić information content (AvgIpc) is 3.07. The van der Waals surface area contributed by atoms with E-state index in [9.17, 15) is 0 Å². The molecule has 2 N–H and O–H groups in total. The van der Waals surface area contributed by atoms with Crippen LogP contribution in [0.3, 0.4) is 0 Å². The number of imidazole rings is 1. The molecule has 1 fully saturated rings. The number of aromatic nitrogens is 5. The minimum atomic E-state index is 0.259. The number of pyridine rings is 1. The Bertz CT molecular complexity index is 882. The first-order valence-electron chi connectivity index (χ1n) is 8.42. The van der Waals surface area contributed by atoms with E-state index >= 15 is 0 Å². The first-order valence-corrected chi connectivity index (χ1v) is 8.42. The molecule has 4 heterocycles. The number of hydrogen-bond donors (Lipinski definition) is 1. The summed E-state index contributed by atoms with van der Waals surface area (Å²) in [6.07, 6.45) is 3.55. The number of rotatable bonds is 3. The molecule has 8 nitrogen and oxygen atoms in total. The van der Waals surface area contributed by atoms with Crippen molar-refractivity contribution in [3.8, 4) is 11.3 Å². The van der Waals surface area contributed by atoms with Crippen LogP contribution in [-0.2, 0) is 4.74 Å². The minimum absolute atomic E-state index is 0.259. The van der Waals surface area contributed by atoms with Crippen molar-refractivity contribution in [1.82, 2.24) is 24.5 Å². The Hall–Kier alpha value is -2.74. The second-order valence-corrected chi connectivity index (χ2v) is 6.36. The van der Waals surface area contributed by atoms with E-state index in [1.807, 2.05) is 12.4 Å². The molecule has 25 heavy (non-hydrogen) atoms. The topological polar surface area (TPSA) is 95.0 Å². The Labute approximate surface area is 145 Å². The average molecular weight is 339 g/mol. The van der Waals surface area contributed by atoms with E-state index in [0.717, 1.165) is 35.5 Å². The van der Waals surface area contributed by atoms with Crippen LogP contribution in [0.2, 0.25) is 0 Å². The van der Waals surface area contributed by atoms with Crippen molar-refractivity contribution in [2.24, 2.45) is 0 Å². The number of nitrogens with zero attached hydrogens (tertiary/aromatic N) is 6. The van der Waals surface area contributed by atoms with Gasteiger partial charge in [-0.2, -0.15) is 4.98 Å². The van der Waals surface area contributed by atoms with Gasteiger partial charge in [0.1, 0.15) is 17.0 Å². The van der Waals surface area contributed by atoms with Crippen molar-refractivity contribution in [3.05, 3.63) is 24.7 Å². The fourth-order valence-electron chi connectivity index (χ4n) is 2.93. The van der Waals surface area contributed by atoms with Crippen LogP contribution in [0.15, 0.2) is 24.7 Å². The molecule has 8 heteroatoms. The minimum Gasteiger partial charge on any atom is -0.384 e. The molecule has 0 amide bonds. The predicted octanol–water partition coefficient (Wildman–Crippen LogP) is 1.89. The molecule has 3 aromatic rings. The monoisotopic (exact) mass is 339 g/mol. The highest BCUT2D eigenvalue weighted by atomic mass is 16.5. The van der Waals surface area contributed by atoms with Crippen LogP contribution in [-0.4, -0.2) is 50.8 Å². The SMILES string of the molecule is CC(C)n1cnc2c(-c3ccc(N)nc3)nc(N3CCOCC3)nc21. The molecular weight excluding hydrogens is 318 g/mol. The molecule has 0 aromatic carbocycles. The smallest absolute Gasteiger partial charge is 0.228 e. The van der Waals surface area contributed by atoms with Crippen molar-refractivity contribution in [3.63, 3.8) is 0 Å². The Balaban J connectivity index is 1.91. The van der Waals surface area contributed by atoms with Crippen molar-refractivity contribution in [1.29, 1.82) is 0 Å². The number of nitrogen functional groups attached to an aromatic ring is 1. The molecule has 0 bridgehead atoms. The quantitative estimate of drug-likeness (QED) is 0.778. The standard InChI is InChI=1S/C17H21N7O/c1-11(2)24-10-20-15-14(12-3-4-13(18)19-9-12)21-17(22-16(15)24)23-5-7-25-8-6-23/h3-4,9-11H,5-8H2,1-2H3,(H2,18,19). The third kappa shape index (κ3) is 2.89. The number of hydrogen-bond acceptors (Lipinski definition) is 7. The zero-order valence-corrected chi connectivity index (χ0v) is 14.4. The summed E-state index contributed by atoms with van der Waals surface area (Å²) < 4.78 is 7.51. The molecule has 3 aromatic heterocycles. The van der Waals surface area contributed by atoms with Gasteiger partial charge in [0.25, 0.3) is 0 Å². The van der Waals surface area contributed by atoms with Gasteiger partial charge in [-0.25, -0.2) is 15.0 Å². The number of anilines is 2. The molecule has 0 spiro atoms. The largest absolute Gasteiger partial charge is 0.384 e. The molecule has 130 valence electrons. The van der Waals surface area contributed by atoms with Crippen LogP contribution in [0.25, 0.3) is 22.4 Å². The zero-order chi connectivity index (χ0) is 17.4. The summed E-state index contributed by atoms with van der Waals surface area (Å²) in [6, 6.07) is 3.95. The van der Waals surface area contributed by atoms with Gasteiger partial charge in [-0.3, -0.25) is 0 Å². The Morgan fingerprint density at radius 1 is 1.12 bits per heavy atom. The number of nitrogens with two attached hydrogens (primary N) is 1. The van der Waals surface area contributed by atoms with Crippen molar-refractivity contribution in [2.45, 2.75) is 19.9 Å². The fraction of sp³-hybridized carbons (Fsp3) is 0.412. The number of ether oxygens (including phenoxy) is 1. The Kier molecular flexibility index (Phi) is 3.96. The van der Waals surface area contributed by atoms with Gasteiger partial charge >= 0.3 is 0 Å². The maximum atomic E-state index is 5.72. The molecule has 4 rings (SSSR count). The fourth-order valence-corrected chi connectivity index (χ4v) is 2.93. The molecule has 0 saturated carbocycles. The summed E-state index contributed by atoms with van der Waals surface area (Å²) in [5.74, 6) is 1.18. The van der Waals surface area contributed by atoms with Gasteiger partial charge in [-0.05, 0) is 26.0 Å². The van der Waals surface area contributed by atoms with Crippen molar-refractivity contribution < 1.29 is 4.74 Å². The van der Waals surface area contributed by atoms with E-state index in [1.165, 1.54) is 0 Å². The third-order valence-corrected chi connectivity index (χ3v) is 4.32. The van der Waals surface area contributed by atoms with E-state index in [4.69, 9.17) is 20.4 Å². The number of fused-ring (bicyclic) bond motifs is 1. The highest BCUT2D eigenvalue weighted by Gasteiger charge is 2.20. The molecule has 1 saturated heterocycles. The van der Waals surface area contributed by atoms with Crippen LogP contribution in [0.5, 0.6) is 0 Å². The number of morpholine rings is 1. The normalized spacial score (nSPS) is 15.2. The maximum absolute atomic E-state index is 5.72. The second-order valence-electron chi connectivity index (χ2n) is 6.36. The molecule has 0 radical (unpaired) electrons. The second kappa shape index (κ2) is 6.29. The van der Waals surface area contributed by atoms with Crippen molar-refractivity contribution in [2.75, 3.05) is 36.9 Å². The molecule has 1 aliphatic heterocycles. The lowest BCUT2D eigenvalue weighted by atomic mass is 10.2. The lowest BCUT2D eigenvalue weighted by molar-refractivity contribution is 0.122. The van der Waals surface area contributed by atoms with Crippen LogP contribution >= 0.6 is 0 Å². The molecular formula is C17H21N7O. The van der Waals surface area contributed by atoms with Crippen LogP contribution in [0.4, 0.5) is 11.8 Å². The predicted molar refractivity (Wildman–Crippen MR) is 96.4 cm³/mol. The van der Waals surface area contributed by atoms with Gasteiger partial charge in [-0.15, -0.1) is 0 Å². The van der Waals surface area contributed by atoms with Gasteiger partial charge in [0.05, 0.1) is 19.5 Å².